The Kier molecular flexibility index (Phi) is 9.64. The molecule has 0 spiro atoms. The van der Waals surface area contributed by atoms with Crippen LogP contribution in [0.3, 0.4) is 0 Å². The van der Waals surface area contributed by atoms with Crippen molar-refractivity contribution in [2.75, 3.05) is 19.8 Å². The number of nitrogens with one attached hydrogen (secondary N) is 3. The maximum absolute atomic E-state index is 14.4. The fourth-order valence-corrected chi connectivity index (χ4v) is 8.49. The molecule has 3 N–H and O–H groups in total. The molecule has 5 atom stereocenters. The second-order valence-corrected chi connectivity index (χ2v) is 17.2. The van der Waals surface area contributed by atoms with Gasteiger partial charge in [0.2, 0.25) is 28.3 Å². The Morgan fingerprint density at radius 3 is 2.35 bits per heavy atom. The molecule has 4 bridgehead atoms. The fourth-order valence-electron chi connectivity index (χ4n) is 7.12. The van der Waals surface area contributed by atoms with Gasteiger partial charge in [0.05, 0.1) is 17.7 Å². The van der Waals surface area contributed by atoms with Gasteiger partial charge in [-0.25, -0.2) is 22.0 Å². The van der Waals surface area contributed by atoms with Crippen molar-refractivity contribution in [1.29, 1.82) is 0 Å². The predicted octanol–water partition coefficient (Wildman–Crippen LogP) is 3.24. The van der Waals surface area contributed by atoms with Gasteiger partial charge in [-0.05, 0) is 66.2 Å². The number of alkyl halides is 2. The van der Waals surface area contributed by atoms with Crippen LogP contribution in [-0.4, -0.2) is 98.0 Å². The third-order valence-electron chi connectivity index (χ3n) is 10.3. The third-order valence-corrected chi connectivity index (χ3v) is 12.1. The van der Waals surface area contributed by atoms with Crippen LogP contribution in [0.4, 0.5) is 13.6 Å². The lowest BCUT2D eigenvalue weighted by molar-refractivity contribution is -0.143. The van der Waals surface area contributed by atoms with E-state index in [1.54, 1.807) is 32.9 Å². The molecule has 3 fully saturated rings. The van der Waals surface area contributed by atoms with E-state index in [-0.39, 0.29) is 26.2 Å². The Morgan fingerprint density at radius 1 is 1.00 bits per heavy atom. The van der Waals surface area contributed by atoms with E-state index in [1.165, 1.54) is 4.90 Å². The van der Waals surface area contributed by atoms with E-state index < -0.39 is 87.0 Å². The minimum absolute atomic E-state index is 0.132. The number of rotatable bonds is 6. The molecule has 5 aliphatic rings. The van der Waals surface area contributed by atoms with Crippen molar-refractivity contribution in [3.8, 4) is 16.9 Å². The van der Waals surface area contributed by atoms with Gasteiger partial charge in [0.1, 0.15) is 48.4 Å². The molecule has 4 amide bonds. The van der Waals surface area contributed by atoms with E-state index in [0.29, 0.717) is 24.3 Å². The molecule has 2 aromatic rings. The number of benzene rings is 2. The zero-order valence-corrected chi connectivity index (χ0v) is 30.7. The molecule has 0 radical (unpaired) electrons. The topological polar surface area (TPSA) is 182 Å². The quantitative estimate of drug-likeness (QED) is 0.317. The summed E-state index contributed by atoms with van der Waals surface area (Å²) in [4.78, 5) is 62.0. The first-order valence-corrected chi connectivity index (χ1v) is 19.3. The number of amides is 4. The van der Waals surface area contributed by atoms with Crippen molar-refractivity contribution in [1.82, 2.24) is 20.3 Å². The molecule has 17 heteroatoms. The molecular weight excluding hydrogens is 728 g/mol. The zero-order chi connectivity index (χ0) is 38.6. The maximum Gasteiger partial charge on any atom is 0.408 e. The number of carbonyl (C=O) groups is 4. The van der Waals surface area contributed by atoms with Gasteiger partial charge in [0.25, 0.3) is 5.91 Å². The van der Waals surface area contributed by atoms with Crippen LogP contribution in [0.2, 0.25) is 0 Å². The van der Waals surface area contributed by atoms with Gasteiger partial charge in [-0.2, -0.15) is 0 Å². The van der Waals surface area contributed by atoms with E-state index in [4.69, 9.17) is 14.3 Å². The average molecular weight is 770 g/mol. The molecule has 0 aromatic heterocycles. The summed E-state index contributed by atoms with van der Waals surface area (Å²) in [5, 5.41) is 8.72. The standard InChI is InChI=1S/C37H41F2N5O9S/c1-36(2,3)30-33(46)44-19-21(17-28(44)32(45)41-37(18-27(37)31(38)39)34(47)43-54(49,50)22-11-12-22)53-42-29-25-9-5-4-8-23(25)24-13-10-20(16-26(24)29)51-14-6-7-15-52-35(48)40-30/h4-10,13,16,21-22,27-28,30-31H,11-12,14-15,17-19H2,1-3H3,(H,40,48)(H,41,45)(H,43,47)/b7-6-,42-29-/t21-,27+,28+,30-,37-/m1/s1. The number of oxime groups is 1. The highest BCUT2D eigenvalue weighted by molar-refractivity contribution is 7.91. The molecule has 14 nitrogen and oxygen atoms in total. The molecule has 2 heterocycles. The SMILES string of the molecule is CC(C)(C)[C@@H]1NC(=O)OC/C=C\COc2ccc3c(c2)/C(=N\O[C@@H]2C[C@@H](C(=O)N[C@]4(C(=O)NS(=O)(=O)C5CC5)C[C@H]4C(F)F)N(C2)C1=O)c1ccccc1-3. The largest absolute Gasteiger partial charge is 0.490 e. The summed E-state index contributed by atoms with van der Waals surface area (Å²) in [7, 11) is -4.13. The van der Waals surface area contributed by atoms with Crippen molar-refractivity contribution >= 4 is 39.5 Å². The highest BCUT2D eigenvalue weighted by Crippen LogP contribution is 2.48. The number of sulfonamides is 1. The Balaban J connectivity index is 1.23. The lowest BCUT2D eigenvalue weighted by Crippen LogP contribution is -2.60. The van der Waals surface area contributed by atoms with Gasteiger partial charge in [-0.1, -0.05) is 50.2 Å². The summed E-state index contributed by atoms with van der Waals surface area (Å²) in [6, 6.07) is 10.5. The summed E-state index contributed by atoms with van der Waals surface area (Å²) < 4.78 is 66.5. The summed E-state index contributed by atoms with van der Waals surface area (Å²) in [5.74, 6) is -4.04. The molecule has 0 unspecified atom stereocenters. The number of nitrogens with zero attached hydrogens (tertiary/aromatic N) is 2. The van der Waals surface area contributed by atoms with Crippen molar-refractivity contribution in [2.45, 2.75) is 81.9 Å². The Bertz CT molecular complexity index is 2050. The summed E-state index contributed by atoms with van der Waals surface area (Å²) >= 11 is 0. The van der Waals surface area contributed by atoms with Crippen molar-refractivity contribution in [3.05, 3.63) is 65.7 Å². The van der Waals surface area contributed by atoms with E-state index in [1.807, 2.05) is 47.2 Å². The smallest absolute Gasteiger partial charge is 0.408 e. The first-order chi connectivity index (χ1) is 25.6. The molecule has 2 aromatic carbocycles. The molecule has 3 aliphatic carbocycles. The highest BCUT2D eigenvalue weighted by Gasteiger charge is 2.67. The zero-order valence-electron chi connectivity index (χ0n) is 29.8. The number of ether oxygens (including phenoxy) is 2. The second kappa shape index (κ2) is 14.0. The van der Waals surface area contributed by atoms with E-state index in [2.05, 4.69) is 15.8 Å². The van der Waals surface area contributed by atoms with E-state index in [0.717, 1.165) is 22.3 Å². The highest BCUT2D eigenvalue weighted by atomic mass is 32.2. The van der Waals surface area contributed by atoms with Gasteiger partial charge >= 0.3 is 6.09 Å². The summed E-state index contributed by atoms with van der Waals surface area (Å²) in [6.45, 7) is 4.95. The number of cyclic esters (lactones) is 1. The van der Waals surface area contributed by atoms with Gasteiger partial charge in [-0.3, -0.25) is 19.1 Å². The number of hydrogen-bond donors (Lipinski definition) is 3. The van der Waals surface area contributed by atoms with Crippen LogP contribution in [-0.2, 0) is 34.0 Å². The van der Waals surface area contributed by atoms with Gasteiger partial charge < -0.3 is 29.8 Å². The van der Waals surface area contributed by atoms with E-state index in [9.17, 15) is 36.4 Å². The normalized spacial score (nSPS) is 28.4. The molecule has 54 heavy (non-hydrogen) atoms. The van der Waals surface area contributed by atoms with Gasteiger partial charge in [0, 0.05) is 17.5 Å². The number of fused-ring (bicyclic) bond motifs is 6. The summed E-state index contributed by atoms with van der Waals surface area (Å²) in [5.41, 5.74) is 0.661. The molecule has 2 aliphatic heterocycles. The van der Waals surface area contributed by atoms with Crippen LogP contribution < -0.4 is 20.1 Å². The Labute approximate surface area is 310 Å². The minimum Gasteiger partial charge on any atom is -0.490 e. The van der Waals surface area contributed by atoms with Crippen LogP contribution in [0.1, 0.15) is 57.6 Å². The van der Waals surface area contributed by atoms with Crippen molar-refractivity contribution < 1.29 is 50.7 Å². The lowest BCUT2D eigenvalue weighted by atomic mass is 9.85. The maximum atomic E-state index is 14.4. The Morgan fingerprint density at radius 2 is 1.69 bits per heavy atom. The predicted molar refractivity (Wildman–Crippen MR) is 190 cm³/mol. The van der Waals surface area contributed by atoms with Gasteiger partial charge in [-0.15, -0.1) is 0 Å². The molecule has 288 valence electrons. The monoisotopic (exact) mass is 769 g/mol. The van der Waals surface area contributed by atoms with Crippen molar-refractivity contribution in [2.24, 2.45) is 16.5 Å². The van der Waals surface area contributed by atoms with Crippen LogP contribution >= 0.6 is 0 Å². The fraction of sp³-hybridized carbons (Fsp3) is 0.486. The second-order valence-electron chi connectivity index (χ2n) is 15.3. The van der Waals surface area contributed by atoms with Crippen LogP contribution in [0.25, 0.3) is 11.1 Å². The molecule has 7 rings (SSSR count). The minimum atomic E-state index is -4.13. The number of carbonyl (C=O) groups excluding carboxylic acids is 4. The van der Waals surface area contributed by atoms with Crippen LogP contribution in [0.15, 0.2) is 59.8 Å². The van der Waals surface area contributed by atoms with Gasteiger partial charge in [0.15, 0.2) is 0 Å². The van der Waals surface area contributed by atoms with Crippen LogP contribution in [0.5, 0.6) is 5.75 Å². The van der Waals surface area contributed by atoms with Crippen LogP contribution in [0, 0.1) is 11.3 Å². The number of halogens is 2. The molecular formula is C37H41F2N5O9S. The first-order valence-electron chi connectivity index (χ1n) is 17.7. The molecule has 1 saturated heterocycles. The molecule has 2 saturated carbocycles. The van der Waals surface area contributed by atoms with Crippen molar-refractivity contribution in [3.63, 3.8) is 0 Å². The first kappa shape index (κ1) is 37.3. The number of hydrogen-bond acceptors (Lipinski definition) is 10. The summed E-state index contributed by atoms with van der Waals surface area (Å²) in [6.07, 6.45) is -1.63. The Hall–Kier alpha value is -5.06. The third kappa shape index (κ3) is 7.24. The lowest BCUT2D eigenvalue weighted by Gasteiger charge is -2.35. The van der Waals surface area contributed by atoms with E-state index >= 15 is 0 Å². The average Bonchev–Trinajstić information content (AvgIpc) is 4.03. The number of alkyl carbamates (subject to hydrolysis) is 1.